The van der Waals surface area contributed by atoms with E-state index in [1.54, 1.807) is 11.3 Å². The molecule has 1 aromatic carbocycles. The van der Waals surface area contributed by atoms with E-state index in [9.17, 15) is 0 Å². The first-order valence-corrected chi connectivity index (χ1v) is 8.67. The number of aromatic nitrogens is 1. The second-order valence-corrected chi connectivity index (χ2v) is 6.97. The third kappa shape index (κ3) is 2.65. The third-order valence-corrected chi connectivity index (χ3v) is 5.48. The molecule has 2 aromatic heterocycles. The van der Waals surface area contributed by atoms with E-state index >= 15 is 0 Å². The lowest BCUT2D eigenvalue weighted by molar-refractivity contribution is 0.411. The first-order valence-electron chi connectivity index (χ1n) is 7.00. The van der Waals surface area contributed by atoms with Crippen LogP contribution in [-0.2, 0) is 5.54 Å². The summed E-state index contributed by atoms with van der Waals surface area (Å²) in [4.78, 5) is 4.70. The van der Waals surface area contributed by atoms with Gasteiger partial charge in [0.1, 0.15) is 16.3 Å². The van der Waals surface area contributed by atoms with Crippen LogP contribution in [0.1, 0.15) is 31.7 Å². The molecule has 2 N–H and O–H groups in total. The van der Waals surface area contributed by atoms with Crippen molar-refractivity contribution in [3.05, 3.63) is 39.1 Å². The highest BCUT2D eigenvalue weighted by Crippen LogP contribution is 2.34. The largest absolute Gasteiger partial charge is 0.454 e. The summed E-state index contributed by atoms with van der Waals surface area (Å²) in [5, 5.41) is 4.07. The van der Waals surface area contributed by atoms with Crippen molar-refractivity contribution in [3.8, 4) is 11.5 Å². The molecule has 3 nitrogen and oxygen atoms in total. The molecule has 0 atom stereocenters. The fourth-order valence-electron chi connectivity index (χ4n) is 2.31. The molecule has 3 aromatic rings. The summed E-state index contributed by atoms with van der Waals surface area (Å²) in [6, 6.07) is 8.00. The lowest BCUT2D eigenvalue weighted by atomic mass is 9.95. The van der Waals surface area contributed by atoms with Crippen molar-refractivity contribution < 1.29 is 4.42 Å². The van der Waals surface area contributed by atoms with Crippen molar-refractivity contribution in [2.45, 2.75) is 32.2 Å². The van der Waals surface area contributed by atoms with Crippen LogP contribution in [0.5, 0.6) is 0 Å². The van der Waals surface area contributed by atoms with Crippen LogP contribution in [0.3, 0.4) is 0 Å². The second-order valence-electron chi connectivity index (χ2n) is 5.19. The highest BCUT2D eigenvalue weighted by molar-refractivity contribution is 9.10. The van der Waals surface area contributed by atoms with Gasteiger partial charge in [-0.3, -0.25) is 0 Å². The van der Waals surface area contributed by atoms with Gasteiger partial charge in [-0.15, -0.1) is 11.3 Å². The quantitative estimate of drug-likeness (QED) is 0.683. The van der Waals surface area contributed by atoms with Gasteiger partial charge in [0.2, 0.25) is 0 Å². The summed E-state index contributed by atoms with van der Waals surface area (Å²) < 4.78 is 6.93. The Balaban J connectivity index is 2.01. The van der Waals surface area contributed by atoms with Crippen LogP contribution in [0.4, 0.5) is 0 Å². The Hall–Kier alpha value is -1.17. The number of thiazole rings is 1. The average Bonchev–Trinajstić information content (AvgIpc) is 3.12. The Kier molecular flexibility index (Phi) is 3.90. The lowest BCUT2D eigenvalue weighted by Gasteiger charge is -2.23. The molecule has 0 unspecified atom stereocenters. The van der Waals surface area contributed by atoms with Gasteiger partial charge in [0.25, 0.3) is 0 Å². The van der Waals surface area contributed by atoms with Gasteiger partial charge in [0.15, 0.2) is 5.76 Å². The van der Waals surface area contributed by atoms with Gasteiger partial charge in [-0.2, -0.15) is 0 Å². The summed E-state index contributed by atoms with van der Waals surface area (Å²) in [7, 11) is 0. The van der Waals surface area contributed by atoms with Gasteiger partial charge >= 0.3 is 0 Å². The van der Waals surface area contributed by atoms with Crippen molar-refractivity contribution in [2.24, 2.45) is 5.73 Å². The number of hydrogen-bond acceptors (Lipinski definition) is 4. The molecule has 0 radical (unpaired) electrons. The van der Waals surface area contributed by atoms with Gasteiger partial charge in [-0.1, -0.05) is 29.8 Å². The Labute approximate surface area is 136 Å². The highest BCUT2D eigenvalue weighted by atomic mass is 79.9. The van der Waals surface area contributed by atoms with E-state index in [2.05, 4.69) is 29.8 Å². The molecule has 0 saturated carbocycles. The molecule has 2 heterocycles. The zero-order valence-corrected chi connectivity index (χ0v) is 14.4. The van der Waals surface area contributed by atoms with E-state index in [0.29, 0.717) is 0 Å². The van der Waals surface area contributed by atoms with Crippen molar-refractivity contribution in [2.75, 3.05) is 0 Å². The van der Waals surface area contributed by atoms with Crippen LogP contribution in [0.2, 0.25) is 0 Å². The first kappa shape index (κ1) is 14.8. The minimum Gasteiger partial charge on any atom is -0.454 e. The van der Waals surface area contributed by atoms with E-state index in [4.69, 9.17) is 15.1 Å². The number of nitrogens with zero attached hydrogens (tertiary/aromatic N) is 1. The second kappa shape index (κ2) is 5.55. The monoisotopic (exact) mass is 364 g/mol. The number of hydrogen-bond donors (Lipinski definition) is 1. The van der Waals surface area contributed by atoms with E-state index < -0.39 is 0 Å². The molecule has 5 heteroatoms. The standard InChI is InChI=1S/C16H17BrN2OS/c1-3-16(18,4-2)15-19-12(9-21-15)14-8-10-7-11(17)5-6-13(10)20-14/h5-9H,3-4,18H2,1-2H3. The van der Waals surface area contributed by atoms with Gasteiger partial charge < -0.3 is 10.2 Å². The Bertz CT molecular complexity index is 774. The third-order valence-electron chi connectivity index (χ3n) is 3.92. The average molecular weight is 365 g/mol. The SMILES string of the molecule is CCC(N)(CC)c1nc(-c2cc3cc(Br)ccc3o2)cs1. The maximum Gasteiger partial charge on any atom is 0.154 e. The van der Waals surface area contributed by atoms with E-state index in [-0.39, 0.29) is 5.54 Å². The molecule has 0 fully saturated rings. The molecular formula is C16H17BrN2OS. The van der Waals surface area contributed by atoms with Gasteiger partial charge in [0.05, 0.1) is 5.54 Å². The van der Waals surface area contributed by atoms with Crippen LogP contribution in [-0.4, -0.2) is 4.98 Å². The zero-order valence-electron chi connectivity index (χ0n) is 12.0. The number of rotatable bonds is 4. The number of furan rings is 1. The highest BCUT2D eigenvalue weighted by Gasteiger charge is 2.27. The molecule has 0 saturated heterocycles. The minimum absolute atomic E-state index is 0.335. The predicted molar refractivity (Wildman–Crippen MR) is 91.5 cm³/mol. The van der Waals surface area contributed by atoms with Crippen molar-refractivity contribution in [3.63, 3.8) is 0 Å². The van der Waals surface area contributed by atoms with Gasteiger partial charge in [-0.05, 0) is 37.1 Å². The van der Waals surface area contributed by atoms with E-state index in [1.807, 2.05) is 29.6 Å². The van der Waals surface area contributed by atoms with E-state index in [1.165, 1.54) is 0 Å². The lowest BCUT2D eigenvalue weighted by Crippen LogP contribution is -2.34. The fourth-order valence-corrected chi connectivity index (χ4v) is 3.75. The summed E-state index contributed by atoms with van der Waals surface area (Å²) in [6.45, 7) is 4.20. The maximum atomic E-state index is 6.42. The van der Waals surface area contributed by atoms with Gasteiger partial charge in [0, 0.05) is 15.2 Å². The summed E-state index contributed by atoms with van der Waals surface area (Å²) in [5.74, 6) is 0.792. The summed E-state index contributed by atoms with van der Waals surface area (Å²) in [6.07, 6.45) is 1.76. The molecule has 0 aliphatic carbocycles. The fraction of sp³-hybridized carbons (Fsp3) is 0.312. The van der Waals surface area contributed by atoms with Crippen molar-refractivity contribution in [1.82, 2.24) is 4.98 Å². The maximum absolute atomic E-state index is 6.42. The van der Waals surface area contributed by atoms with Crippen molar-refractivity contribution >= 4 is 38.2 Å². The minimum atomic E-state index is -0.335. The molecule has 0 aliphatic rings. The first-order chi connectivity index (χ1) is 10.1. The van der Waals surface area contributed by atoms with E-state index in [0.717, 1.165) is 44.7 Å². The zero-order chi connectivity index (χ0) is 15.0. The summed E-state index contributed by atoms with van der Waals surface area (Å²) >= 11 is 5.08. The molecule has 0 spiro atoms. The Morgan fingerprint density at radius 1 is 1.29 bits per heavy atom. The van der Waals surface area contributed by atoms with Crippen LogP contribution < -0.4 is 5.73 Å². The van der Waals surface area contributed by atoms with Crippen molar-refractivity contribution in [1.29, 1.82) is 0 Å². The normalized spacial score (nSPS) is 12.2. The molecule has 21 heavy (non-hydrogen) atoms. The van der Waals surface area contributed by atoms with Gasteiger partial charge in [-0.25, -0.2) is 4.98 Å². The van der Waals surface area contributed by atoms with Crippen LogP contribution >= 0.6 is 27.3 Å². The number of nitrogens with two attached hydrogens (primary N) is 1. The smallest absolute Gasteiger partial charge is 0.154 e. The molecule has 110 valence electrons. The van der Waals surface area contributed by atoms with Crippen LogP contribution in [0, 0.1) is 0 Å². The molecule has 0 bridgehead atoms. The number of halogens is 1. The molecule has 3 rings (SSSR count). The molecule has 0 amide bonds. The Morgan fingerprint density at radius 3 is 2.76 bits per heavy atom. The molecule has 0 aliphatic heterocycles. The topological polar surface area (TPSA) is 52.0 Å². The molecular weight excluding hydrogens is 348 g/mol. The van der Waals surface area contributed by atoms with Crippen LogP contribution in [0.15, 0.2) is 38.5 Å². The number of fused-ring (bicyclic) bond motifs is 1. The predicted octanol–water partition coefficient (Wildman–Crippen LogP) is 5.29. The summed E-state index contributed by atoms with van der Waals surface area (Å²) in [5.41, 5.74) is 7.81. The number of benzene rings is 1. The van der Waals surface area contributed by atoms with Crippen LogP contribution in [0.25, 0.3) is 22.4 Å². The Morgan fingerprint density at radius 2 is 2.05 bits per heavy atom.